The number of hydrogen-bond acceptors (Lipinski definition) is 3. The molecule has 0 aliphatic carbocycles. The van der Waals surface area contributed by atoms with Crippen molar-refractivity contribution in [2.45, 2.75) is 52.1 Å². The third-order valence-electron chi connectivity index (χ3n) is 3.23. The van der Waals surface area contributed by atoms with E-state index in [-0.39, 0.29) is 11.9 Å². The summed E-state index contributed by atoms with van der Waals surface area (Å²) in [5, 5.41) is 3.08. The van der Waals surface area contributed by atoms with Crippen molar-refractivity contribution in [1.29, 1.82) is 0 Å². The fraction of sp³-hybridized carbons (Fsp3) is 0.923. The topological polar surface area (TPSA) is 41.6 Å². The van der Waals surface area contributed by atoms with E-state index in [2.05, 4.69) is 24.1 Å². The summed E-state index contributed by atoms with van der Waals surface area (Å²) >= 11 is 0. The van der Waals surface area contributed by atoms with Crippen LogP contribution in [0, 0.1) is 0 Å². The predicted molar refractivity (Wildman–Crippen MR) is 71.1 cm³/mol. The van der Waals surface area contributed by atoms with Gasteiger partial charge in [0.15, 0.2) is 0 Å². The Morgan fingerprint density at radius 2 is 1.94 bits per heavy atom. The van der Waals surface area contributed by atoms with Crippen molar-refractivity contribution in [3.05, 3.63) is 0 Å². The zero-order chi connectivity index (χ0) is 13.3. The molecule has 4 heteroatoms. The van der Waals surface area contributed by atoms with Gasteiger partial charge in [0.2, 0.25) is 5.91 Å². The Labute approximate surface area is 106 Å². The van der Waals surface area contributed by atoms with E-state index in [1.54, 1.807) is 7.11 Å². The summed E-state index contributed by atoms with van der Waals surface area (Å²) < 4.78 is 5.00. The second-order valence-corrected chi connectivity index (χ2v) is 4.52. The molecule has 0 spiro atoms. The van der Waals surface area contributed by atoms with Gasteiger partial charge < -0.3 is 10.1 Å². The number of ether oxygens (including phenoxy) is 1. The molecule has 0 heterocycles. The Hall–Kier alpha value is -0.610. The van der Waals surface area contributed by atoms with Gasteiger partial charge in [-0.15, -0.1) is 0 Å². The summed E-state index contributed by atoms with van der Waals surface area (Å²) in [6.07, 6.45) is 2.93. The van der Waals surface area contributed by atoms with E-state index < -0.39 is 0 Å². The summed E-state index contributed by atoms with van der Waals surface area (Å²) in [5.74, 6) is 0.124. The molecule has 0 aromatic carbocycles. The van der Waals surface area contributed by atoms with Gasteiger partial charge in [0, 0.05) is 26.3 Å². The Balaban J connectivity index is 4.01. The van der Waals surface area contributed by atoms with E-state index in [1.807, 2.05) is 14.0 Å². The number of methoxy groups -OCH3 is 1. The van der Waals surface area contributed by atoms with Crippen molar-refractivity contribution in [3.63, 3.8) is 0 Å². The molecule has 4 nitrogen and oxygen atoms in total. The summed E-state index contributed by atoms with van der Waals surface area (Å²) in [6, 6.07) is 0.227. The van der Waals surface area contributed by atoms with Crippen LogP contribution in [0.1, 0.15) is 40.0 Å². The van der Waals surface area contributed by atoms with Gasteiger partial charge in [-0.05, 0) is 33.2 Å². The number of amides is 1. The molecule has 0 saturated heterocycles. The molecule has 1 unspecified atom stereocenters. The maximum absolute atomic E-state index is 12.0. The third kappa shape index (κ3) is 6.64. The number of rotatable bonds is 9. The fourth-order valence-corrected chi connectivity index (χ4v) is 1.67. The SMILES string of the molecule is CCC(CC)NC(=O)C(C)N(C)CCCOC. The van der Waals surface area contributed by atoms with Crippen LogP contribution >= 0.6 is 0 Å². The number of hydrogen-bond donors (Lipinski definition) is 1. The number of likely N-dealkylation sites (N-methyl/N-ethyl adjacent to an activating group) is 1. The van der Waals surface area contributed by atoms with Gasteiger partial charge in [-0.3, -0.25) is 9.69 Å². The van der Waals surface area contributed by atoms with Crippen LogP contribution in [-0.2, 0) is 9.53 Å². The standard InChI is InChI=1S/C13H28N2O2/c1-6-12(7-2)14-13(16)11(3)15(4)9-8-10-17-5/h11-12H,6-10H2,1-5H3,(H,14,16). The molecule has 1 atom stereocenters. The molecular formula is C13H28N2O2. The molecule has 102 valence electrons. The molecule has 0 aromatic rings. The quantitative estimate of drug-likeness (QED) is 0.627. The average molecular weight is 244 g/mol. The van der Waals surface area contributed by atoms with Gasteiger partial charge in [-0.25, -0.2) is 0 Å². The molecule has 1 N–H and O–H groups in total. The van der Waals surface area contributed by atoms with Crippen LogP contribution in [0.4, 0.5) is 0 Å². The minimum atomic E-state index is -0.0764. The number of nitrogens with zero attached hydrogens (tertiary/aromatic N) is 1. The lowest BCUT2D eigenvalue weighted by atomic mass is 10.1. The zero-order valence-corrected chi connectivity index (χ0v) is 12.0. The minimum Gasteiger partial charge on any atom is -0.385 e. The minimum absolute atomic E-state index is 0.0764. The first-order chi connectivity index (χ1) is 8.06. The number of carbonyl (C=O) groups is 1. The van der Waals surface area contributed by atoms with Gasteiger partial charge in [0.25, 0.3) is 0 Å². The maximum Gasteiger partial charge on any atom is 0.237 e. The van der Waals surface area contributed by atoms with Crippen LogP contribution in [0.25, 0.3) is 0 Å². The van der Waals surface area contributed by atoms with Gasteiger partial charge >= 0.3 is 0 Å². The lowest BCUT2D eigenvalue weighted by Gasteiger charge is -2.25. The van der Waals surface area contributed by atoms with Crippen LogP contribution < -0.4 is 5.32 Å². The Kier molecular flexibility index (Phi) is 9.09. The predicted octanol–water partition coefficient (Wildman–Crippen LogP) is 1.65. The fourth-order valence-electron chi connectivity index (χ4n) is 1.67. The smallest absolute Gasteiger partial charge is 0.237 e. The molecule has 0 saturated carbocycles. The second-order valence-electron chi connectivity index (χ2n) is 4.52. The van der Waals surface area contributed by atoms with Gasteiger partial charge in [-0.1, -0.05) is 13.8 Å². The number of nitrogens with one attached hydrogen (secondary N) is 1. The maximum atomic E-state index is 12.0. The number of carbonyl (C=O) groups excluding carboxylic acids is 1. The molecule has 0 fully saturated rings. The Bertz CT molecular complexity index is 206. The van der Waals surface area contributed by atoms with E-state index in [4.69, 9.17) is 4.74 Å². The largest absolute Gasteiger partial charge is 0.385 e. The van der Waals surface area contributed by atoms with E-state index in [0.717, 1.165) is 32.4 Å². The van der Waals surface area contributed by atoms with E-state index >= 15 is 0 Å². The van der Waals surface area contributed by atoms with Gasteiger partial charge in [0.05, 0.1) is 6.04 Å². The molecule has 0 bridgehead atoms. The molecule has 0 rings (SSSR count). The van der Waals surface area contributed by atoms with E-state index in [9.17, 15) is 4.79 Å². The molecule has 1 amide bonds. The van der Waals surface area contributed by atoms with Crippen molar-refractivity contribution >= 4 is 5.91 Å². The third-order valence-corrected chi connectivity index (χ3v) is 3.23. The monoisotopic (exact) mass is 244 g/mol. The highest BCUT2D eigenvalue weighted by molar-refractivity contribution is 5.81. The van der Waals surface area contributed by atoms with Crippen LogP contribution in [0.3, 0.4) is 0 Å². The zero-order valence-electron chi connectivity index (χ0n) is 12.0. The lowest BCUT2D eigenvalue weighted by molar-refractivity contribution is -0.126. The van der Waals surface area contributed by atoms with Crippen molar-refractivity contribution in [1.82, 2.24) is 10.2 Å². The average Bonchev–Trinajstić information content (AvgIpc) is 2.34. The Morgan fingerprint density at radius 1 is 1.35 bits per heavy atom. The normalized spacial score (nSPS) is 13.1. The van der Waals surface area contributed by atoms with Crippen molar-refractivity contribution in [2.24, 2.45) is 0 Å². The summed E-state index contributed by atoms with van der Waals surface area (Å²) in [4.78, 5) is 14.0. The van der Waals surface area contributed by atoms with Crippen molar-refractivity contribution in [3.8, 4) is 0 Å². The highest BCUT2D eigenvalue weighted by Crippen LogP contribution is 2.01. The first-order valence-electron chi connectivity index (χ1n) is 6.56. The molecule has 0 aliphatic heterocycles. The molecule has 0 radical (unpaired) electrons. The highest BCUT2D eigenvalue weighted by atomic mass is 16.5. The van der Waals surface area contributed by atoms with Crippen LogP contribution in [-0.4, -0.2) is 50.2 Å². The summed E-state index contributed by atoms with van der Waals surface area (Å²) in [7, 11) is 3.68. The van der Waals surface area contributed by atoms with Crippen LogP contribution in [0.5, 0.6) is 0 Å². The molecule has 17 heavy (non-hydrogen) atoms. The van der Waals surface area contributed by atoms with Crippen molar-refractivity contribution in [2.75, 3.05) is 27.3 Å². The first-order valence-corrected chi connectivity index (χ1v) is 6.56. The molecular weight excluding hydrogens is 216 g/mol. The lowest BCUT2D eigenvalue weighted by Crippen LogP contribution is -2.47. The van der Waals surface area contributed by atoms with Gasteiger partial charge in [-0.2, -0.15) is 0 Å². The van der Waals surface area contributed by atoms with Crippen molar-refractivity contribution < 1.29 is 9.53 Å². The van der Waals surface area contributed by atoms with Crippen LogP contribution in [0.15, 0.2) is 0 Å². The summed E-state index contributed by atoms with van der Waals surface area (Å²) in [6.45, 7) is 7.77. The molecule has 0 aromatic heterocycles. The first kappa shape index (κ1) is 16.4. The van der Waals surface area contributed by atoms with Crippen LogP contribution in [0.2, 0.25) is 0 Å². The van der Waals surface area contributed by atoms with Gasteiger partial charge in [0.1, 0.15) is 0 Å². The van der Waals surface area contributed by atoms with E-state index in [0.29, 0.717) is 6.04 Å². The van der Waals surface area contributed by atoms with E-state index in [1.165, 1.54) is 0 Å². The summed E-state index contributed by atoms with van der Waals surface area (Å²) in [5.41, 5.74) is 0. The molecule has 0 aliphatic rings. The second kappa shape index (κ2) is 9.42. The highest BCUT2D eigenvalue weighted by Gasteiger charge is 2.19. The Morgan fingerprint density at radius 3 is 2.41 bits per heavy atom.